The SMILES string of the molecule is Cc1cc(NC(=O)CCn2c(=O)oc3ccccc32)nc(C(C)C)n1. The highest BCUT2D eigenvalue weighted by molar-refractivity contribution is 5.89. The fourth-order valence-corrected chi connectivity index (χ4v) is 2.56. The number of fused-ring (bicyclic) bond motifs is 1. The van der Waals surface area contributed by atoms with Crippen LogP contribution in [0.15, 0.2) is 39.5 Å². The zero-order valence-corrected chi connectivity index (χ0v) is 14.4. The van der Waals surface area contributed by atoms with Crippen molar-refractivity contribution in [3.63, 3.8) is 0 Å². The minimum Gasteiger partial charge on any atom is -0.408 e. The first kappa shape index (κ1) is 16.9. The first-order valence-electron chi connectivity index (χ1n) is 8.18. The Labute approximate surface area is 144 Å². The summed E-state index contributed by atoms with van der Waals surface area (Å²) in [5.74, 6) is 0.656. The van der Waals surface area contributed by atoms with Crippen LogP contribution in [-0.4, -0.2) is 20.4 Å². The molecule has 130 valence electrons. The zero-order valence-electron chi connectivity index (χ0n) is 14.4. The molecule has 0 aliphatic carbocycles. The highest BCUT2D eigenvalue weighted by Crippen LogP contribution is 2.15. The molecular weight excluding hydrogens is 320 g/mol. The van der Waals surface area contributed by atoms with Crippen molar-refractivity contribution in [3.8, 4) is 0 Å². The third-order valence-corrected chi connectivity index (χ3v) is 3.79. The molecule has 1 N–H and O–H groups in total. The van der Waals surface area contributed by atoms with Crippen LogP contribution in [0, 0.1) is 6.92 Å². The number of aryl methyl sites for hydroxylation is 2. The molecule has 3 rings (SSSR count). The van der Waals surface area contributed by atoms with Crippen molar-refractivity contribution in [2.45, 2.75) is 39.7 Å². The minimum absolute atomic E-state index is 0.142. The van der Waals surface area contributed by atoms with Gasteiger partial charge in [-0.1, -0.05) is 26.0 Å². The number of nitrogens with one attached hydrogen (secondary N) is 1. The van der Waals surface area contributed by atoms with Crippen LogP contribution in [0.2, 0.25) is 0 Å². The van der Waals surface area contributed by atoms with Crippen LogP contribution in [0.5, 0.6) is 0 Å². The Bertz CT molecular complexity index is 972. The lowest BCUT2D eigenvalue weighted by Gasteiger charge is -2.09. The van der Waals surface area contributed by atoms with Gasteiger partial charge in [-0.15, -0.1) is 0 Å². The average molecular weight is 340 g/mol. The van der Waals surface area contributed by atoms with E-state index < -0.39 is 5.76 Å². The van der Waals surface area contributed by atoms with Crippen molar-refractivity contribution >= 4 is 22.8 Å². The van der Waals surface area contributed by atoms with Crippen molar-refractivity contribution in [1.29, 1.82) is 0 Å². The number of amides is 1. The van der Waals surface area contributed by atoms with E-state index in [4.69, 9.17) is 4.42 Å². The van der Waals surface area contributed by atoms with Crippen LogP contribution in [0.4, 0.5) is 5.82 Å². The summed E-state index contributed by atoms with van der Waals surface area (Å²) in [4.78, 5) is 32.9. The summed E-state index contributed by atoms with van der Waals surface area (Å²) < 4.78 is 6.62. The van der Waals surface area contributed by atoms with E-state index in [0.29, 0.717) is 22.7 Å². The molecule has 0 spiro atoms. The van der Waals surface area contributed by atoms with E-state index in [1.165, 1.54) is 4.57 Å². The topological polar surface area (TPSA) is 90.0 Å². The molecule has 25 heavy (non-hydrogen) atoms. The van der Waals surface area contributed by atoms with Crippen molar-refractivity contribution in [3.05, 3.63) is 52.4 Å². The maximum Gasteiger partial charge on any atom is 0.419 e. The van der Waals surface area contributed by atoms with Crippen molar-refractivity contribution < 1.29 is 9.21 Å². The van der Waals surface area contributed by atoms with Crippen molar-refractivity contribution in [2.75, 3.05) is 5.32 Å². The lowest BCUT2D eigenvalue weighted by Crippen LogP contribution is -2.20. The van der Waals surface area contributed by atoms with E-state index in [0.717, 1.165) is 5.69 Å². The summed E-state index contributed by atoms with van der Waals surface area (Å²) in [5, 5.41) is 2.77. The van der Waals surface area contributed by atoms with Gasteiger partial charge >= 0.3 is 5.76 Å². The summed E-state index contributed by atoms with van der Waals surface area (Å²) in [6.45, 7) is 6.09. The smallest absolute Gasteiger partial charge is 0.408 e. The molecule has 7 nitrogen and oxygen atoms in total. The second-order valence-electron chi connectivity index (χ2n) is 6.19. The number of anilines is 1. The van der Waals surface area contributed by atoms with Gasteiger partial charge in [0, 0.05) is 30.6 Å². The molecule has 7 heteroatoms. The molecule has 0 radical (unpaired) electrons. The number of rotatable bonds is 5. The maximum atomic E-state index is 12.2. The molecule has 0 saturated carbocycles. The standard InChI is InChI=1S/C18H20N4O3/c1-11(2)17-19-12(3)10-15(21-17)20-16(23)8-9-22-13-6-4-5-7-14(13)25-18(22)24/h4-7,10-11H,8-9H2,1-3H3,(H,19,20,21,23). The second kappa shape index (κ2) is 6.88. The lowest BCUT2D eigenvalue weighted by atomic mass is 10.2. The van der Waals surface area contributed by atoms with Crippen LogP contribution >= 0.6 is 0 Å². The molecule has 1 aromatic carbocycles. The van der Waals surface area contributed by atoms with Gasteiger partial charge in [-0.2, -0.15) is 0 Å². The Morgan fingerprint density at radius 2 is 2.04 bits per heavy atom. The Balaban J connectivity index is 1.71. The van der Waals surface area contributed by atoms with Gasteiger partial charge in [0.1, 0.15) is 11.6 Å². The number of nitrogens with zero attached hydrogens (tertiary/aromatic N) is 3. The molecule has 3 aromatic rings. The molecule has 0 fully saturated rings. The number of oxazole rings is 1. The molecule has 0 aliphatic heterocycles. The normalized spacial score (nSPS) is 11.2. The minimum atomic E-state index is -0.464. The Hall–Kier alpha value is -2.96. The molecule has 0 unspecified atom stereocenters. The number of para-hydroxylation sites is 2. The van der Waals surface area contributed by atoms with Crippen LogP contribution < -0.4 is 11.1 Å². The van der Waals surface area contributed by atoms with E-state index in [-0.39, 0.29) is 24.8 Å². The molecule has 1 amide bonds. The molecule has 0 saturated heterocycles. The van der Waals surface area contributed by atoms with Gasteiger partial charge in [-0.25, -0.2) is 14.8 Å². The van der Waals surface area contributed by atoms with Crippen molar-refractivity contribution in [2.24, 2.45) is 0 Å². The van der Waals surface area contributed by atoms with Crippen LogP contribution in [0.1, 0.15) is 37.7 Å². The van der Waals surface area contributed by atoms with Gasteiger partial charge in [0.25, 0.3) is 0 Å². The van der Waals surface area contributed by atoms with Crippen LogP contribution in [-0.2, 0) is 11.3 Å². The second-order valence-corrected chi connectivity index (χ2v) is 6.19. The predicted octanol–water partition coefficient (Wildman–Crippen LogP) is 2.85. The number of benzene rings is 1. The maximum absolute atomic E-state index is 12.2. The number of carbonyl (C=O) groups is 1. The number of hydrogen-bond donors (Lipinski definition) is 1. The monoisotopic (exact) mass is 340 g/mol. The zero-order chi connectivity index (χ0) is 18.0. The summed E-state index contributed by atoms with van der Waals surface area (Å²) in [6.07, 6.45) is 0.142. The largest absolute Gasteiger partial charge is 0.419 e. The molecular formula is C18H20N4O3. The average Bonchev–Trinajstić information content (AvgIpc) is 2.87. The van der Waals surface area contributed by atoms with Crippen LogP contribution in [0.3, 0.4) is 0 Å². The van der Waals surface area contributed by atoms with Gasteiger partial charge in [0.05, 0.1) is 5.52 Å². The van der Waals surface area contributed by atoms with Gasteiger partial charge in [0.2, 0.25) is 5.91 Å². The summed E-state index contributed by atoms with van der Waals surface area (Å²) in [7, 11) is 0. The van der Waals surface area contributed by atoms with Crippen LogP contribution in [0.25, 0.3) is 11.1 Å². The lowest BCUT2D eigenvalue weighted by molar-refractivity contribution is -0.116. The van der Waals surface area contributed by atoms with Gasteiger partial charge in [0.15, 0.2) is 5.58 Å². The quantitative estimate of drug-likeness (QED) is 0.771. The first-order valence-corrected chi connectivity index (χ1v) is 8.18. The van der Waals surface area contributed by atoms with E-state index >= 15 is 0 Å². The molecule has 0 bridgehead atoms. The molecule has 2 heterocycles. The van der Waals surface area contributed by atoms with E-state index in [1.54, 1.807) is 24.3 Å². The Morgan fingerprint density at radius 3 is 2.80 bits per heavy atom. The molecule has 0 atom stereocenters. The van der Waals surface area contributed by atoms with Gasteiger partial charge < -0.3 is 9.73 Å². The third kappa shape index (κ3) is 3.76. The van der Waals surface area contributed by atoms with E-state index in [2.05, 4.69) is 15.3 Å². The molecule has 0 aliphatic rings. The van der Waals surface area contributed by atoms with E-state index in [9.17, 15) is 9.59 Å². The van der Waals surface area contributed by atoms with Gasteiger partial charge in [-0.3, -0.25) is 9.36 Å². The number of hydrogen-bond acceptors (Lipinski definition) is 5. The van der Waals surface area contributed by atoms with Crippen molar-refractivity contribution in [1.82, 2.24) is 14.5 Å². The predicted molar refractivity (Wildman–Crippen MR) is 94.6 cm³/mol. The highest BCUT2D eigenvalue weighted by Gasteiger charge is 2.12. The highest BCUT2D eigenvalue weighted by atomic mass is 16.4. The van der Waals surface area contributed by atoms with E-state index in [1.807, 2.05) is 26.8 Å². The third-order valence-electron chi connectivity index (χ3n) is 3.79. The number of carbonyl (C=O) groups excluding carboxylic acids is 1. The summed E-state index contributed by atoms with van der Waals surface area (Å²) in [6, 6.07) is 8.87. The fourth-order valence-electron chi connectivity index (χ4n) is 2.56. The molecule has 2 aromatic heterocycles. The van der Waals surface area contributed by atoms with Gasteiger partial charge in [-0.05, 0) is 19.1 Å². The summed E-state index contributed by atoms with van der Waals surface area (Å²) >= 11 is 0. The number of aromatic nitrogens is 3. The fraction of sp³-hybridized carbons (Fsp3) is 0.333. The first-order chi connectivity index (χ1) is 11.9. The Morgan fingerprint density at radius 1 is 1.28 bits per heavy atom. The summed E-state index contributed by atoms with van der Waals surface area (Å²) in [5.41, 5.74) is 1.99. The Kier molecular flexibility index (Phi) is 4.65.